The number of ether oxygens (including phenoxy) is 3. The summed E-state index contributed by atoms with van der Waals surface area (Å²) in [7, 11) is 3.12. The van der Waals surface area contributed by atoms with Gasteiger partial charge < -0.3 is 24.8 Å². The molecule has 0 saturated heterocycles. The van der Waals surface area contributed by atoms with Crippen molar-refractivity contribution in [1.29, 1.82) is 0 Å². The van der Waals surface area contributed by atoms with E-state index in [1.54, 1.807) is 49.9 Å². The van der Waals surface area contributed by atoms with E-state index in [-0.39, 0.29) is 31.5 Å². The summed E-state index contributed by atoms with van der Waals surface area (Å²) in [4.78, 5) is 28.7. The molecule has 0 saturated carbocycles. The van der Waals surface area contributed by atoms with Gasteiger partial charge in [0.1, 0.15) is 23.1 Å². The number of nitrogens with zero attached hydrogens (tertiary/aromatic N) is 1. The number of hydrogen-bond donors (Lipinski definition) is 2. The van der Waals surface area contributed by atoms with Crippen LogP contribution >= 0.6 is 11.3 Å². The molecule has 3 rings (SSSR count). The third kappa shape index (κ3) is 6.19. The SMILES string of the molecule is COc1cccc(C(=O)NCCNC(=O)c2csc(COc3ccccc3OC)n2)c1. The normalized spacial score (nSPS) is 10.3. The van der Waals surface area contributed by atoms with E-state index < -0.39 is 0 Å². The lowest BCUT2D eigenvalue weighted by Crippen LogP contribution is -2.34. The molecule has 0 bridgehead atoms. The first kappa shape index (κ1) is 22.1. The Kier molecular flexibility index (Phi) is 7.83. The summed E-state index contributed by atoms with van der Waals surface area (Å²) in [6.45, 7) is 0.795. The number of thiazole rings is 1. The van der Waals surface area contributed by atoms with Crippen molar-refractivity contribution in [2.24, 2.45) is 0 Å². The maximum absolute atomic E-state index is 12.3. The highest BCUT2D eigenvalue weighted by molar-refractivity contribution is 7.09. The smallest absolute Gasteiger partial charge is 0.270 e. The maximum atomic E-state index is 12.3. The lowest BCUT2D eigenvalue weighted by atomic mass is 10.2. The van der Waals surface area contributed by atoms with Crippen LogP contribution in [-0.2, 0) is 6.61 Å². The fourth-order valence-electron chi connectivity index (χ4n) is 2.67. The Morgan fingerprint density at radius 3 is 2.42 bits per heavy atom. The molecule has 31 heavy (non-hydrogen) atoms. The van der Waals surface area contributed by atoms with E-state index in [0.29, 0.717) is 33.5 Å². The van der Waals surface area contributed by atoms with Crippen molar-refractivity contribution in [1.82, 2.24) is 15.6 Å². The van der Waals surface area contributed by atoms with Gasteiger partial charge in [-0.3, -0.25) is 9.59 Å². The highest BCUT2D eigenvalue weighted by atomic mass is 32.1. The molecule has 0 aliphatic carbocycles. The van der Waals surface area contributed by atoms with Gasteiger partial charge in [0.05, 0.1) is 14.2 Å². The Bertz CT molecular complexity index is 1040. The first-order chi connectivity index (χ1) is 15.1. The number of amides is 2. The summed E-state index contributed by atoms with van der Waals surface area (Å²) in [6.07, 6.45) is 0. The molecule has 0 aliphatic heterocycles. The number of benzene rings is 2. The van der Waals surface area contributed by atoms with Gasteiger partial charge in [0.15, 0.2) is 11.5 Å². The van der Waals surface area contributed by atoms with Crippen LogP contribution in [0.5, 0.6) is 17.2 Å². The van der Waals surface area contributed by atoms with Crippen molar-refractivity contribution in [2.45, 2.75) is 6.61 Å². The molecular formula is C22H23N3O5S. The molecule has 0 radical (unpaired) electrons. The van der Waals surface area contributed by atoms with Crippen LogP contribution in [0.25, 0.3) is 0 Å². The van der Waals surface area contributed by atoms with Crippen molar-refractivity contribution in [3.05, 3.63) is 70.2 Å². The molecule has 2 aromatic carbocycles. The molecule has 9 heteroatoms. The maximum Gasteiger partial charge on any atom is 0.270 e. The van der Waals surface area contributed by atoms with E-state index in [9.17, 15) is 9.59 Å². The zero-order chi connectivity index (χ0) is 22.1. The minimum Gasteiger partial charge on any atom is -0.497 e. The summed E-state index contributed by atoms with van der Waals surface area (Å²) in [6, 6.07) is 14.2. The predicted molar refractivity (Wildman–Crippen MR) is 117 cm³/mol. The summed E-state index contributed by atoms with van der Waals surface area (Å²) in [5.41, 5.74) is 0.799. The Balaban J connectivity index is 1.43. The van der Waals surface area contributed by atoms with Gasteiger partial charge in [0.25, 0.3) is 11.8 Å². The van der Waals surface area contributed by atoms with Gasteiger partial charge in [-0.15, -0.1) is 11.3 Å². The summed E-state index contributed by atoms with van der Waals surface area (Å²) >= 11 is 1.34. The number of para-hydroxylation sites is 2. The number of nitrogens with one attached hydrogen (secondary N) is 2. The molecule has 0 atom stereocenters. The van der Waals surface area contributed by atoms with Crippen molar-refractivity contribution in [3.63, 3.8) is 0 Å². The Morgan fingerprint density at radius 1 is 0.935 bits per heavy atom. The average molecular weight is 442 g/mol. The van der Waals surface area contributed by atoms with E-state index in [4.69, 9.17) is 14.2 Å². The molecule has 8 nitrogen and oxygen atoms in total. The summed E-state index contributed by atoms with van der Waals surface area (Å²) in [5, 5.41) is 7.83. The molecule has 0 fully saturated rings. The fraction of sp³-hybridized carbons (Fsp3) is 0.227. The fourth-order valence-corrected chi connectivity index (χ4v) is 3.35. The van der Waals surface area contributed by atoms with Gasteiger partial charge in [-0.25, -0.2) is 4.98 Å². The molecule has 0 spiro atoms. The second-order valence-corrected chi connectivity index (χ2v) is 7.25. The minimum atomic E-state index is -0.310. The van der Waals surface area contributed by atoms with Crippen molar-refractivity contribution >= 4 is 23.2 Å². The lowest BCUT2D eigenvalue weighted by Gasteiger charge is -2.08. The number of rotatable bonds is 10. The van der Waals surface area contributed by atoms with Crippen LogP contribution in [0.2, 0.25) is 0 Å². The number of aromatic nitrogens is 1. The lowest BCUT2D eigenvalue weighted by molar-refractivity contribution is 0.0925. The number of methoxy groups -OCH3 is 2. The zero-order valence-electron chi connectivity index (χ0n) is 17.2. The number of carbonyl (C=O) groups is 2. The standard InChI is InChI=1S/C22H23N3O5S/c1-28-16-7-5-6-15(12-16)21(26)23-10-11-24-22(27)17-14-31-20(25-17)13-30-19-9-4-3-8-18(19)29-2/h3-9,12,14H,10-11,13H2,1-2H3,(H,23,26)(H,24,27). The van der Waals surface area contributed by atoms with Gasteiger partial charge in [-0.1, -0.05) is 18.2 Å². The second-order valence-electron chi connectivity index (χ2n) is 6.31. The highest BCUT2D eigenvalue weighted by Crippen LogP contribution is 2.27. The van der Waals surface area contributed by atoms with Crippen molar-refractivity contribution in [3.8, 4) is 17.2 Å². The van der Waals surface area contributed by atoms with E-state index >= 15 is 0 Å². The highest BCUT2D eigenvalue weighted by Gasteiger charge is 2.12. The molecule has 2 amide bonds. The summed E-state index contributed by atoms with van der Waals surface area (Å²) < 4.78 is 16.1. The second kappa shape index (κ2) is 11.0. The van der Waals surface area contributed by atoms with Gasteiger partial charge in [0, 0.05) is 24.0 Å². The van der Waals surface area contributed by atoms with Gasteiger partial charge >= 0.3 is 0 Å². The van der Waals surface area contributed by atoms with Crippen LogP contribution in [0.15, 0.2) is 53.9 Å². The molecule has 0 aliphatic rings. The van der Waals surface area contributed by atoms with Crippen molar-refractivity contribution in [2.75, 3.05) is 27.3 Å². The third-order valence-electron chi connectivity index (χ3n) is 4.23. The van der Waals surface area contributed by atoms with Crippen LogP contribution in [0.1, 0.15) is 25.9 Å². The number of carbonyl (C=O) groups excluding carboxylic acids is 2. The molecule has 0 unspecified atom stereocenters. The van der Waals surface area contributed by atoms with Crippen LogP contribution in [0.4, 0.5) is 0 Å². The largest absolute Gasteiger partial charge is 0.497 e. The van der Waals surface area contributed by atoms with E-state index in [1.807, 2.05) is 18.2 Å². The van der Waals surface area contributed by atoms with E-state index in [2.05, 4.69) is 15.6 Å². The molecule has 162 valence electrons. The van der Waals surface area contributed by atoms with E-state index in [0.717, 1.165) is 0 Å². The summed E-state index contributed by atoms with van der Waals surface area (Å²) in [5.74, 6) is 1.30. The van der Waals surface area contributed by atoms with Gasteiger partial charge in [0.2, 0.25) is 0 Å². The Hall–Kier alpha value is -3.59. The monoisotopic (exact) mass is 441 g/mol. The number of hydrogen-bond acceptors (Lipinski definition) is 7. The molecule has 1 aromatic heterocycles. The van der Waals surface area contributed by atoms with Crippen molar-refractivity contribution < 1.29 is 23.8 Å². The predicted octanol–water partition coefficient (Wildman–Crippen LogP) is 2.90. The molecule has 1 heterocycles. The quantitative estimate of drug-likeness (QED) is 0.470. The van der Waals surface area contributed by atoms with Crippen LogP contribution in [0.3, 0.4) is 0 Å². The Labute approximate surface area is 184 Å². The zero-order valence-corrected chi connectivity index (χ0v) is 18.0. The van der Waals surface area contributed by atoms with E-state index in [1.165, 1.54) is 11.3 Å². The van der Waals surface area contributed by atoms with Crippen LogP contribution in [-0.4, -0.2) is 44.1 Å². The third-order valence-corrected chi connectivity index (χ3v) is 5.05. The van der Waals surface area contributed by atoms with Crippen LogP contribution < -0.4 is 24.8 Å². The molecule has 2 N–H and O–H groups in total. The first-order valence-corrected chi connectivity index (χ1v) is 10.4. The Morgan fingerprint density at radius 2 is 1.68 bits per heavy atom. The first-order valence-electron chi connectivity index (χ1n) is 9.51. The average Bonchev–Trinajstić information content (AvgIpc) is 3.29. The van der Waals surface area contributed by atoms with Gasteiger partial charge in [-0.2, -0.15) is 0 Å². The molecular weight excluding hydrogens is 418 g/mol. The topological polar surface area (TPSA) is 98.8 Å². The van der Waals surface area contributed by atoms with Crippen LogP contribution in [0, 0.1) is 0 Å². The molecule has 3 aromatic rings. The van der Waals surface area contributed by atoms with Gasteiger partial charge in [-0.05, 0) is 30.3 Å². The minimum absolute atomic E-state index is 0.231.